The molecule has 2 atom stereocenters. The SMILES string of the molecule is CC(C)(C)OC(=O)N1C[C@H]2OC(C)(C)O[C@H]2C1=O. The van der Waals surface area contributed by atoms with Crippen LogP contribution in [-0.2, 0) is 19.0 Å². The first kappa shape index (κ1) is 13.3. The first-order valence-corrected chi connectivity index (χ1v) is 5.99. The van der Waals surface area contributed by atoms with Crippen LogP contribution in [0.15, 0.2) is 0 Å². The summed E-state index contributed by atoms with van der Waals surface area (Å²) in [4.78, 5) is 24.9. The normalized spacial score (nSPS) is 30.5. The number of hydrogen-bond donors (Lipinski definition) is 0. The Balaban J connectivity index is 2.04. The molecular weight excluding hydrogens is 238 g/mol. The standard InChI is InChI=1S/C12H19NO5/c1-11(2,3)18-10(15)13-6-7-8(9(13)14)17-12(4,5)16-7/h7-8H,6H2,1-5H3/t7-,8-/m1/s1. The largest absolute Gasteiger partial charge is 0.443 e. The summed E-state index contributed by atoms with van der Waals surface area (Å²) >= 11 is 0. The van der Waals surface area contributed by atoms with Gasteiger partial charge in [0.15, 0.2) is 11.9 Å². The molecule has 6 heteroatoms. The number of rotatable bonds is 0. The molecule has 0 saturated carbocycles. The molecule has 0 aromatic carbocycles. The van der Waals surface area contributed by atoms with Gasteiger partial charge in [0.05, 0.1) is 6.54 Å². The number of carbonyl (C=O) groups excluding carboxylic acids is 2. The molecule has 2 aliphatic heterocycles. The first-order valence-electron chi connectivity index (χ1n) is 5.99. The monoisotopic (exact) mass is 257 g/mol. The van der Waals surface area contributed by atoms with E-state index in [4.69, 9.17) is 14.2 Å². The van der Waals surface area contributed by atoms with Gasteiger partial charge in [-0.25, -0.2) is 9.69 Å². The Bertz CT molecular complexity index is 384. The minimum Gasteiger partial charge on any atom is -0.443 e. The van der Waals surface area contributed by atoms with E-state index in [0.717, 1.165) is 4.90 Å². The Hall–Kier alpha value is -1.14. The van der Waals surface area contributed by atoms with Crippen LogP contribution in [0, 0.1) is 0 Å². The van der Waals surface area contributed by atoms with E-state index in [1.165, 1.54) is 0 Å². The summed E-state index contributed by atoms with van der Waals surface area (Å²) in [7, 11) is 0. The van der Waals surface area contributed by atoms with Crippen LogP contribution >= 0.6 is 0 Å². The second-order valence-electron chi connectivity index (χ2n) is 6.02. The van der Waals surface area contributed by atoms with Crippen molar-refractivity contribution in [3.63, 3.8) is 0 Å². The predicted molar refractivity (Wildman–Crippen MR) is 61.8 cm³/mol. The number of carbonyl (C=O) groups is 2. The Morgan fingerprint density at radius 3 is 2.50 bits per heavy atom. The van der Waals surface area contributed by atoms with Crippen molar-refractivity contribution in [3.8, 4) is 0 Å². The summed E-state index contributed by atoms with van der Waals surface area (Å²) in [5, 5.41) is 0. The molecule has 2 rings (SSSR count). The van der Waals surface area contributed by atoms with Crippen LogP contribution in [0.25, 0.3) is 0 Å². The molecule has 0 bridgehead atoms. The van der Waals surface area contributed by atoms with Crippen molar-refractivity contribution in [1.82, 2.24) is 4.90 Å². The predicted octanol–water partition coefficient (Wildman–Crippen LogP) is 1.28. The van der Waals surface area contributed by atoms with Gasteiger partial charge < -0.3 is 14.2 Å². The van der Waals surface area contributed by atoms with E-state index in [9.17, 15) is 9.59 Å². The van der Waals surface area contributed by atoms with Crippen LogP contribution < -0.4 is 0 Å². The molecule has 0 radical (unpaired) electrons. The lowest BCUT2D eigenvalue weighted by molar-refractivity contribution is -0.167. The molecule has 2 amide bonds. The maximum absolute atomic E-state index is 12.0. The van der Waals surface area contributed by atoms with Crippen LogP contribution in [0.2, 0.25) is 0 Å². The average molecular weight is 257 g/mol. The average Bonchev–Trinajstić information content (AvgIpc) is 2.58. The third kappa shape index (κ3) is 2.49. The van der Waals surface area contributed by atoms with E-state index in [2.05, 4.69) is 0 Å². The van der Waals surface area contributed by atoms with Gasteiger partial charge in [-0.2, -0.15) is 0 Å². The highest BCUT2D eigenvalue weighted by Crippen LogP contribution is 2.34. The van der Waals surface area contributed by atoms with E-state index in [-0.39, 0.29) is 12.5 Å². The molecule has 102 valence electrons. The Morgan fingerprint density at radius 1 is 1.39 bits per heavy atom. The van der Waals surface area contributed by atoms with Gasteiger partial charge in [-0.3, -0.25) is 4.79 Å². The lowest BCUT2D eigenvalue weighted by Crippen LogP contribution is -2.41. The van der Waals surface area contributed by atoms with Gasteiger partial charge in [-0.05, 0) is 34.6 Å². The fourth-order valence-corrected chi connectivity index (χ4v) is 2.08. The molecule has 0 aromatic rings. The van der Waals surface area contributed by atoms with Crippen LogP contribution in [0.3, 0.4) is 0 Å². The Kier molecular flexibility index (Phi) is 2.90. The fraction of sp³-hybridized carbons (Fsp3) is 0.833. The second-order valence-corrected chi connectivity index (χ2v) is 6.02. The van der Waals surface area contributed by atoms with Crippen molar-refractivity contribution in [2.24, 2.45) is 0 Å². The van der Waals surface area contributed by atoms with Crippen LogP contribution in [0.1, 0.15) is 34.6 Å². The zero-order chi connectivity index (χ0) is 13.7. The third-order valence-electron chi connectivity index (χ3n) is 2.67. The van der Waals surface area contributed by atoms with E-state index in [0.29, 0.717) is 0 Å². The molecule has 18 heavy (non-hydrogen) atoms. The number of fused-ring (bicyclic) bond motifs is 1. The fourth-order valence-electron chi connectivity index (χ4n) is 2.08. The topological polar surface area (TPSA) is 65.1 Å². The van der Waals surface area contributed by atoms with Gasteiger partial charge in [-0.1, -0.05) is 0 Å². The molecule has 2 aliphatic rings. The third-order valence-corrected chi connectivity index (χ3v) is 2.67. The Labute approximate surface area is 106 Å². The minimum absolute atomic E-state index is 0.182. The molecule has 2 fully saturated rings. The van der Waals surface area contributed by atoms with Gasteiger partial charge >= 0.3 is 6.09 Å². The number of imide groups is 1. The molecule has 0 aromatic heterocycles. The molecule has 0 unspecified atom stereocenters. The number of ether oxygens (including phenoxy) is 3. The van der Waals surface area contributed by atoms with Crippen molar-refractivity contribution in [1.29, 1.82) is 0 Å². The zero-order valence-electron chi connectivity index (χ0n) is 11.4. The summed E-state index contributed by atoms with van der Waals surface area (Å²) in [6.45, 7) is 8.93. The van der Waals surface area contributed by atoms with Crippen LogP contribution in [0.4, 0.5) is 4.79 Å². The summed E-state index contributed by atoms with van der Waals surface area (Å²) in [6.07, 6.45) is -1.75. The highest BCUT2D eigenvalue weighted by Gasteiger charge is 2.54. The highest BCUT2D eigenvalue weighted by atomic mass is 16.8. The van der Waals surface area contributed by atoms with E-state index < -0.39 is 29.7 Å². The number of amides is 2. The molecule has 0 N–H and O–H groups in total. The van der Waals surface area contributed by atoms with Crippen LogP contribution in [-0.4, -0.2) is 47.0 Å². The lowest BCUT2D eigenvalue weighted by atomic mass is 10.2. The number of hydrogen-bond acceptors (Lipinski definition) is 5. The smallest absolute Gasteiger partial charge is 0.417 e. The van der Waals surface area contributed by atoms with Gasteiger partial charge in [0.2, 0.25) is 0 Å². The van der Waals surface area contributed by atoms with E-state index in [1.807, 2.05) is 0 Å². The number of nitrogens with zero attached hydrogens (tertiary/aromatic N) is 1. The van der Waals surface area contributed by atoms with Crippen molar-refractivity contribution >= 4 is 12.0 Å². The van der Waals surface area contributed by atoms with Crippen molar-refractivity contribution < 1.29 is 23.8 Å². The second kappa shape index (κ2) is 3.93. The van der Waals surface area contributed by atoms with Gasteiger partial charge in [0, 0.05) is 0 Å². The van der Waals surface area contributed by atoms with Crippen molar-refractivity contribution in [2.45, 2.75) is 58.2 Å². The van der Waals surface area contributed by atoms with E-state index >= 15 is 0 Å². The first-order chi connectivity index (χ1) is 8.09. The minimum atomic E-state index is -0.773. The van der Waals surface area contributed by atoms with E-state index in [1.54, 1.807) is 34.6 Å². The summed E-state index contributed by atoms with van der Waals surface area (Å²) in [5.41, 5.74) is -0.629. The van der Waals surface area contributed by atoms with Crippen molar-refractivity contribution in [3.05, 3.63) is 0 Å². The maximum atomic E-state index is 12.0. The maximum Gasteiger partial charge on any atom is 0.417 e. The molecule has 0 spiro atoms. The molecule has 6 nitrogen and oxygen atoms in total. The molecule has 2 heterocycles. The Morgan fingerprint density at radius 2 is 2.00 bits per heavy atom. The van der Waals surface area contributed by atoms with Gasteiger partial charge in [-0.15, -0.1) is 0 Å². The number of likely N-dealkylation sites (tertiary alicyclic amines) is 1. The molecule has 0 aliphatic carbocycles. The van der Waals surface area contributed by atoms with Gasteiger partial charge in [0.25, 0.3) is 5.91 Å². The highest BCUT2D eigenvalue weighted by molar-refractivity contribution is 5.97. The van der Waals surface area contributed by atoms with Gasteiger partial charge in [0.1, 0.15) is 11.7 Å². The van der Waals surface area contributed by atoms with Crippen LogP contribution in [0.5, 0.6) is 0 Å². The van der Waals surface area contributed by atoms with Crippen molar-refractivity contribution in [2.75, 3.05) is 6.54 Å². The lowest BCUT2D eigenvalue weighted by Gasteiger charge is -2.25. The summed E-state index contributed by atoms with van der Waals surface area (Å²) in [5.74, 6) is -1.16. The summed E-state index contributed by atoms with van der Waals surface area (Å²) < 4.78 is 16.2. The molecular formula is C12H19NO5. The summed E-state index contributed by atoms with van der Waals surface area (Å²) in [6, 6.07) is 0. The quantitative estimate of drug-likeness (QED) is 0.654. The molecule has 2 saturated heterocycles. The zero-order valence-corrected chi connectivity index (χ0v) is 11.4.